The summed E-state index contributed by atoms with van der Waals surface area (Å²) in [6.45, 7) is 0.854. The highest BCUT2D eigenvalue weighted by Crippen LogP contribution is 2.07. The fraction of sp³-hybridized carbons (Fsp3) is 0.273. The third-order valence-electron chi connectivity index (χ3n) is 2.32. The molecule has 0 spiro atoms. The van der Waals surface area contributed by atoms with Crippen molar-refractivity contribution in [2.24, 2.45) is 0 Å². The van der Waals surface area contributed by atoms with E-state index in [-0.39, 0.29) is 11.7 Å². The molecule has 7 nitrogen and oxygen atoms in total. The van der Waals surface area contributed by atoms with Gasteiger partial charge in [0.15, 0.2) is 0 Å². The first-order valence-corrected chi connectivity index (χ1v) is 5.44. The second kappa shape index (κ2) is 5.76. The van der Waals surface area contributed by atoms with Gasteiger partial charge < -0.3 is 9.64 Å². The summed E-state index contributed by atoms with van der Waals surface area (Å²) in [4.78, 5) is 13.2. The minimum Gasteiger partial charge on any atom is -0.492 e. The van der Waals surface area contributed by atoms with Crippen LogP contribution >= 0.6 is 0 Å². The number of nitrogens with one attached hydrogen (secondary N) is 1. The summed E-state index contributed by atoms with van der Waals surface area (Å²) in [5.41, 5.74) is 0. The molecular formula is C11H13N5O2. The lowest BCUT2D eigenvalue weighted by Gasteiger charge is -2.15. The van der Waals surface area contributed by atoms with E-state index in [0.717, 1.165) is 5.75 Å². The fourth-order valence-corrected chi connectivity index (χ4v) is 1.34. The van der Waals surface area contributed by atoms with E-state index in [9.17, 15) is 4.79 Å². The van der Waals surface area contributed by atoms with Crippen LogP contribution in [0.3, 0.4) is 0 Å². The van der Waals surface area contributed by atoms with Gasteiger partial charge in [0.1, 0.15) is 12.4 Å². The zero-order valence-corrected chi connectivity index (χ0v) is 9.91. The molecule has 2 rings (SSSR count). The second-order valence-corrected chi connectivity index (χ2v) is 3.62. The number of amides is 1. The van der Waals surface area contributed by atoms with Crippen LogP contribution in [0.5, 0.6) is 5.75 Å². The first-order chi connectivity index (χ1) is 8.77. The molecule has 0 bridgehead atoms. The van der Waals surface area contributed by atoms with Crippen LogP contribution < -0.4 is 4.74 Å². The zero-order chi connectivity index (χ0) is 12.8. The van der Waals surface area contributed by atoms with Gasteiger partial charge in [0.25, 0.3) is 11.7 Å². The summed E-state index contributed by atoms with van der Waals surface area (Å²) in [6, 6.07) is 9.42. The number of aromatic nitrogens is 4. The number of carbonyl (C=O) groups excluding carboxylic acids is 1. The molecule has 0 radical (unpaired) electrons. The average molecular weight is 247 g/mol. The molecule has 0 atom stereocenters. The number of carbonyl (C=O) groups is 1. The molecule has 1 aromatic carbocycles. The van der Waals surface area contributed by atoms with Crippen LogP contribution in [0.4, 0.5) is 0 Å². The molecule has 0 saturated carbocycles. The van der Waals surface area contributed by atoms with Crippen LogP contribution in [-0.4, -0.2) is 51.6 Å². The summed E-state index contributed by atoms with van der Waals surface area (Å²) in [6.07, 6.45) is 0. The van der Waals surface area contributed by atoms with Crippen molar-refractivity contribution in [2.75, 3.05) is 20.2 Å². The number of tetrazole rings is 1. The van der Waals surface area contributed by atoms with Crippen LogP contribution in [0.15, 0.2) is 30.3 Å². The largest absolute Gasteiger partial charge is 0.492 e. The normalized spacial score (nSPS) is 10.1. The number of ether oxygens (including phenoxy) is 1. The monoisotopic (exact) mass is 247 g/mol. The molecule has 0 unspecified atom stereocenters. The summed E-state index contributed by atoms with van der Waals surface area (Å²) in [7, 11) is 1.66. The number of aromatic amines is 1. The van der Waals surface area contributed by atoms with E-state index in [2.05, 4.69) is 20.6 Å². The van der Waals surface area contributed by atoms with E-state index in [1.165, 1.54) is 4.90 Å². The van der Waals surface area contributed by atoms with E-state index in [4.69, 9.17) is 4.74 Å². The van der Waals surface area contributed by atoms with Crippen molar-refractivity contribution in [3.05, 3.63) is 36.2 Å². The standard InChI is InChI=1S/C11H13N5O2/c1-16(11(17)10-12-14-15-13-10)7-8-18-9-5-3-2-4-6-9/h2-6H,7-8H2,1H3,(H,12,13,14,15). The maximum Gasteiger partial charge on any atom is 0.295 e. The van der Waals surface area contributed by atoms with Crippen molar-refractivity contribution < 1.29 is 9.53 Å². The lowest BCUT2D eigenvalue weighted by molar-refractivity contribution is 0.0762. The first-order valence-electron chi connectivity index (χ1n) is 5.44. The highest BCUT2D eigenvalue weighted by molar-refractivity contribution is 5.89. The molecule has 94 valence electrons. The van der Waals surface area contributed by atoms with E-state index >= 15 is 0 Å². The van der Waals surface area contributed by atoms with Crippen LogP contribution in [0.25, 0.3) is 0 Å². The second-order valence-electron chi connectivity index (χ2n) is 3.62. The predicted octanol–water partition coefficient (Wildman–Crippen LogP) is 0.351. The van der Waals surface area contributed by atoms with Crippen molar-refractivity contribution >= 4 is 5.91 Å². The number of rotatable bonds is 5. The number of hydrogen-bond acceptors (Lipinski definition) is 5. The van der Waals surface area contributed by atoms with Crippen LogP contribution in [0.1, 0.15) is 10.6 Å². The van der Waals surface area contributed by atoms with Crippen LogP contribution in [0.2, 0.25) is 0 Å². The highest BCUT2D eigenvalue weighted by atomic mass is 16.5. The van der Waals surface area contributed by atoms with E-state index in [0.29, 0.717) is 13.2 Å². The molecule has 7 heteroatoms. The summed E-state index contributed by atoms with van der Waals surface area (Å²) in [5, 5.41) is 12.8. The van der Waals surface area contributed by atoms with Gasteiger partial charge in [-0.15, -0.1) is 10.2 Å². The van der Waals surface area contributed by atoms with Gasteiger partial charge >= 0.3 is 0 Å². The predicted molar refractivity (Wildman–Crippen MR) is 63.1 cm³/mol. The zero-order valence-electron chi connectivity index (χ0n) is 9.91. The van der Waals surface area contributed by atoms with Gasteiger partial charge in [-0.05, 0) is 17.3 Å². The molecule has 1 heterocycles. The number of nitrogens with zero attached hydrogens (tertiary/aromatic N) is 4. The Bertz CT molecular complexity index is 485. The molecule has 2 aromatic rings. The lowest BCUT2D eigenvalue weighted by Crippen LogP contribution is -2.31. The third kappa shape index (κ3) is 3.03. The van der Waals surface area contributed by atoms with Gasteiger partial charge in [-0.25, -0.2) is 0 Å². The number of likely N-dealkylation sites (N-methyl/N-ethyl adjacent to an activating group) is 1. The van der Waals surface area contributed by atoms with Gasteiger partial charge in [-0.1, -0.05) is 18.2 Å². The van der Waals surface area contributed by atoms with Gasteiger partial charge in [0.2, 0.25) is 0 Å². The van der Waals surface area contributed by atoms with Crippen LogP contribution in [-0.2, 0) is 0 Å². The minimum absolute atomic E-state index is 0.0530. The van der Waals surface area contributed by atoms with Gasteiger partial charge in [-0.2, -0.15) is 5.21 Å². The Morgan fingerprint density at radius 2 is 2.17 bits per heavy atom. The van der Waals surface area contributed by atoms with Crippen molar-refractivity contribution in [1.82, 2.24) is 25.5 Å². The fourth-order valence-electron chi connectivity index (χ4n) is 1.34. The average Bonchev–Trinajstić information content (AvgIpc) is 2.93. The maximum absolute atomic E-state index is 11.7. The molecule has 0 aliphatic heterocycles. The van der Waals surface area contributed by atoms with Crippen molar-refractivity contribution in [3.63, 3.8) is 0 Å². The Kier molecular flexibility index (Phi) is 3.85. The minimum atomic E-state index is -0.291. The molecule has 1 amide bonds. The molecular weight excluding hydrogens is 234 g/mol. The van der Waals surface area contributed by atoms with Crippen LogP contribution in [0, 0.1) is 0 Å². The Morgan fingerprint density at radius 1 is 1.39 bits per heavy atom. The van der Waals surface area contributed by atoms with Gasteiger partial charge in [0.05, 0.1) is 6.54 Å². The Hall–Kier alpha value is -2.44. The van der Waals surface area contributed by atoms with E-state index < -0.39 is 0 Å². The molecule has 1 N–H and O–H groups in total. The topological polar surface area (TPSA) is 84.0 Å². The first kappa shape index (κ1) is 12.0. The van der Waals surface area contributed by atoms with Gasteiger partial charge in [0, 0.05) is 7.05 Å². The van der Waals surface area contributed by atoms with E-state index in [1.54, 1.807) is 7.05 Å². The number of benzene rings is 1. The number of hydrogen-bond donors (Lipinski definition) is 1. The Balaban J connectivity index is 1.79. The molecule has 1 aromatic heterocycles. The molecule has 0 fully saturated rings. The summed E-state index contributed by atoms with van der Waals surface area (Å²) in [5.74, 6) is 0.538. The molecule has 0 aliphatic carbocycles. The SMILES string of the molecule is CN(CCOc1ccccc1)C(=O)c1nn[nH]n1. The van der Waals surface area contributed by atoms with Gasteiger partial charge in [-0.3, -0.25) is 4.79 Å². The van der Waals surface area contributed by atoms with Crippen molar-refractivity contribution in [2.45, 2.75) is 0 Å². The summed E-state index contributed by atoms with van der Waals surface area (Å²) >= 11 is 0. The number of H-pyrrole nitrogens is 1. The Morgan fingerprint density at radius 3 is 2.83 bits per heavy atom. The quantitative estimate of drug-likeness (QED) is 0.824. The Labute approximate surface area is 104 Å². The third-order valence-corrected chi connectivity index (χ3v) is 2.32. The van der Waals surface area contributed by atoms with Crippen molar-refractivity contribution in [1.29, 1.82) is 0 Å². The summed E-state index contributed by atoms with van der Waals surface area (Å²) < 4.78 is 5.49. The molecule has 18 heavy (non-hydrogen) atoms. The number of para-hydroxylation sites is 1. The van der Waals surface area contributed by atoms with Crippen molar-refractivity contribution in [3.8, 4) is 5.75 Å². The lowest BCUT2D eigenvalue weighted by atomic mass is 10.3. The smallest absolute Gasteiger partial charge is 0.295 e. The molecule has 0 aliphatic rings. The van der Waals surface area contributed by atoms with E-state index in [1.807, 2.05) is 30.3 Å². The molecule has 0 saturated heterocycles. The highest BCUT2D eigenvalue weighted by Gasteiger charge is 2.15. The maximum atomic E-state index is 11.7.